The minimum absolute atomic E-state index is 0.421. The highest BCUT2D eigenvalue weighted by atomic mass is 79.9. The third-order valence-electron chi connectivity index (χ3n) is 6.70. The number of halogens is 1. The van der Waals surface area contributed by atoms with Crippen molar-refractivity contribution in [1.29, 1.82) is 0 Å². The number of allylic oxidation sites excluding steroid dienone is 5. The van der Waals surface area contributed by atoms with Crippen LogP contribution in [-0.2, 0) is 5.41 Å². The molecule has 0 aromatic heterocycles. The van der Waals surface area contributed by atoms with Crippen molar-refractivity contribution in [1.82, 2.24) is 0 Å². The smallest absolute Gasteiger partial charge is 0.0819 e. The van der Waals surface area contributed by atoms with Crippen LogP contribution in [-0.4, -0.2) is 0 Å². The van der Waals surface area contributed by atoms with Crippen molar-refractivity contribution < 1.29 is 0 Å². The van der Waals surface area contributed by atoms with E-state index in [0.29, 0.717) is 0 Å². The summed E-state index contributed by atoms with van der Waals surface area (Å²) in [5, 5.41) is 0. The Kier molecular flexibility index (Phi) is 4.70. The van der Waals surface area contributed by atoms with Gasteiger partial charge < -0.3 is 4.90 Å². The summed E-state index contributed by atoms with van der Waals surface area (Å²) >= 11 is 4.13. The van der Waals surface area contributed by atoms with Crippen molar-refractivity contribution in [3.05, 3.63) is 155 Å². The maximum absolute atomic E-state index is 4.13. The second kappa shape index (κ2) is 7.75. The highest BCUT2D eigenvalue weighted by Crippen LogP contribution is 2.63. The molecule has 1 nitrogen and oxygen atoms in total. The van der Waals surface area contributed by atoms with E-state index in [1.807, 2.05) is 12.2 Å². The Morgan fingerprint density at radius 1 is 0.667 bits per heavy atom. The molecule has 0 saturated carbocycles. The van der Waals surface area contributed by atoms with Crippen LogP contribution in [0.25, 0.3) is 5.57 Å². The van der Waals surface area contributed by atoms with Gasteiger partial charge in [0.05, 0.1) is 16.8 Å². The van der Waals surface area contributed by atoms with Crippen LogP contribution in [0.2, 0.25) is 0 Å². The van der Waals surface area contributed by atoms with Gasteiger partial charge in [0.1, 0.15) is 0 Å². The molecule has 0 fully saturated rings. The lowest BCUT2D eigenvalue weighted by Crippen LogP contribution is -2.35. The molecule has 0 unspecified atom stereocenters. The number of para-hydroxylation sites is 3. The monoisotopic (exact) mass is 487 g/mol. The summed E-state index contributed by atoms with van der Waals surface area (Å²) in [7, 11) is 0. The number of benzene rings is 4. The van der Waals surface area contributed by atoms with Crippen LogP contribution in [0.4, 0.5) is 17.1 Å². The van der Waals surface area contributed by atoms with Crippen molar-refractivity contribution in [2.45, 2.75) is 5.41 Å². The lowest BCUT2D eigenvalue weighted by Gasteiger charge is -2.44. The molecule has 1 heterocycles. The predicted octanol–water partition coefficient (Wildman–Crippen LogP) is 8.67. The van der Waals surface area contributed by atoms with Gasteiger partial charge in [-0.1, -0.05) is 120 Å². The maximum Gasteiger partial charge on any atom is 0.0819 e. The summed E-state index contributed by atoms with van der Waals surface area (Å²) in [6, 6.07) is 37.0. The fraction of sp³-hybridized carbons (Fsp3) is 0.0323. The normalized spacial score (nSPS) is 15.5. The van der Waals surface area contributed by atoms with Gasteiger partial charge in [0, 0.05) is 10.2 Å². The third kappa shape index (κ3) is 2.71. The third-order valence-corrected chi connectivity index (χ3v) is 7.72. The summed E-state index contributed by atoms with van der Waals surface area (Å²) in [6.07, 6.45) is 6.02. The Hall–Kier alpha value is -3.62. The maximum atomic E-state index is 4.13. The molecule has 4 aromatic rings. The van der Waals surface area contributed by atoms with E-state index < -0.39 is 5.41 Å². The van der Waals surface area contributed by atoms with Crippen molar-refractivity contribution >= 4 is 38.6 Å². The summed E-state index contributed by atoms with van der Waals surface area (Å²) in [4.78, 5) is 2.39. The number of rotatable bonds is 3. The van der Waals surface area contributed by atoms with Gasteiger partial charge in [-0.05, 0) is 52.1 Å². The number of hydrogen-bond acceptors (Lipinski definition) is 1. The molecule has 0 atom stereocenters. The van der Waals surface area contributed by atoms with E-state index in [4.69, 9.17) is 0 Å². The molecule has 0 N–H and O–H groups in total. The first-order chi connectivity index (χ1) is 16.3. The van der Waals surface area contributed by atoms with Gasteiger partial charge in [0.2, 0.25) is 0 Å². The highest BCUT2D eigenvalue weighted by Gasteiger charge is 2.51. The van der Waals surface area contributed by atoms with E-state index in [1.165, 1.54) is 43.7 Å². The van der Waals surface area contributed by atoms with Crippen LogP contribution in [0, 0.1) is 0 Å². The summed E-state index contributed by atoms with van der Waals surface area (Å²) in [5.41, 5.74) is 9.42. The van der Waals surface area contributed by atoms with Crippen LogP contribution in [0.1, 0.15) is 22.3 Å². The minimum Gasteiger partial charge on any atom is -0.310 e. The predicted molar refractivity (Wildman–Crippen MR) is 143 cm³/mol. The van der Waals surface area contributed by atoms with Gasteiger partial charge in [-0.15, -0.1) is 0 Å². The Labute approximate surface area is 203 Å². The molecule has 2 aliphatic rings. The standard InChI is InChI=1S/C31H22BrN/c1-2-3-15-24-23-16-7-8-17-25(23)31(30(24)32)26-18-9-11-20-28(26)33(22-13-5-4-6-14-22)29-21-12-10-19-27(29)31/h2-21H,1H2/b15-3-. The molecule has 0 amide bonds. The molecule has 1 aliphatic carbocycles. The quantitative estimate of drug-likeness (QED) is 0.261. The molecule has 0 radical (unpaired) electrons. The molecule has 4 aromatic carbocycles. The average Bonchev–Trinajstić information content (AvgIpc) is 3.12. The van der Waals surface area contributed by atoms with E-state index in [0.717, 1.165) is 5.69 Å². The molecule has 33 heavy (non-hydrogen) atoms. The van der Waals surface area contributed by atoms with Gasteiger partial charge in [0.25, 0.3) is 0 Å². The number of anilines is 3. The molecule has 0 bridgehead atoms. The van der Waals surface area contributed by atoms with E-state index >= 15 is 0 Å². The molecule has 2 heteroatoms. The lowest BCUT2D eigenvalue weighted by molar-refractivity contribution is 0.768. The van der Waals surface area contributed by atoms with Gasteiger partial charge in [-0.25, -0.2) is 0 Å². The Balaban J connectivity index is 1.76. The largest absolute Gasteiger partial charge is 0.310 e. The molecular weight excluding hydrogens is 466 g/mol. The fourth-order valence-electron chi connectivity index (χ4n) is 5.44. The van der Waals surface area contributed by atoms with Crippen molar-refractivity contribution in [2.75, 3.05) is 4.90 Å². The molecular formula is C31H22BrN. The van der Waals surface area contributed by atoms with E-state index in [9.17, 15) is 0 Å². The zero-order chi connectivity index (χ0) is 22.4. The topological polar surface area (TPSA) is 3.24 Å². The van der Waals surface area contributed by atoms with Gasteiger partial charge >= 0.3 is 0 Å². The Morgan fingerprint density at radius 3 is 1.85 bits per heavy atom. The zero-order valence-electron chi connectivity index (χ0n) is 18.1. The second-order valence-electron chi connectivity index (χ2n) is 8.32. The molecule has 1 spiro atoms. The first-order valence-electron chi connectivity index (χ1n) is 11.1. The van der Waals surface area contributed by atoms with Gasteiger partial charge in [-0.3, -0.25) is 0 Å². The molecule has 6 rings (SSSR count). The summed E-state index contributed by atoms with van der Waals surface area (Å²) in [5.74, 6) is 0. The van der Waals surface area contributed by atoms with Gasteiger partial charge in [0.15, 0.2) is 0 Å². The number of fused-ring (bicyclic) bond motifs is 6. The van der Waals surface area contributed by atoms with Crippen molar-refractivity contribution in [3.63, 3.8) is 0 Å². The van der Waals surface area contributed by atoms with Crippen LogP contribution < -0.4 is 4.90 Å². The first kappa shape index (κ1) is 20.0. The minimum atomic E-state index is -0.421. The molecule has 0 saturated heterocycles. The highest BCUT2D eigenvalue weighted by molar-refractivity contribution is 9.12. The lowest BCUT2D eigenvalue weighted by atomic mass is 9.67. The SMILES string of the molecule is C=C/C=C\C1=C(Br)C2(c3ccccc31)c1ccccc1N(c1ccccc1)c1ccccc12. The number of nitrogens with zero attached hydrogens (tertiary/aromatic N) is 1. The first-order valence-corrected chi connectivity index (χ1v) is 11.9. The fourth-order valence-corrected chi connectivity index (χ4v) is 6.43. The molecule has 158 valence electrons. The van der Waals surface area contributed by atoms with Gasteiger partial charge in [-0.2, -0.15) is 0 Å². The van der Waals surface area contributed by atoms with Crippen molar-refractivity contribution in [3.8, 4) is 0 Å². The van der Waals surface area contributed by atoms with E-state index in [-0.39, 0.29) is 0 Å². The van der Waals surface area contributed by atoms with Crippen molar-refractivity contribution in [2.24, 2.45) is 0 Å². The zero-order valence-corrected chi connectivity index (χ0v) is 19.7. The number of hydrogen-bond donors (Lipinski definition) is 0. The molecule has 1 aliphatic heterocycles. The van der Waals surface area contributed by atoms with Crippen LogP contribution >= 0.6 is 15.9 Å². The average molecular weight is 488 g/mol. The van der Waals surface area contributed by atoms with E-state index in [1.54, 1.807) is 0 Å². The summed E-state index contributed by atoms with van der Waals surface area (Å²) in [6.45, 7) is 3.89. The van der Waals surface area contributed by atoms with Crippen LogP contribution in [0.5, 0.6) is 0 Å². The Morgan fingerprint density at radius 2 is 1.21 bits per heavy atom. The van der Waals surface area contributed by atoms with E-state index in [2.05, 4.69) is 137 Å². The Bertz CT molecular complexity index is 1400. The summed E-state index contributed by atoms with van der Waals surface area (Å²) < 4.78 is 1.17. The van der Waals surface area contributed by atoms with Crippen LogP contribution in [0.15, 0.2) is 132 Å². The second-order valence-corrected chi connectivity index (χ2v) is 9.12. The van der Waals surface area contributed by atoms with Crippen LogP contribution in [0.3, 0.4) is 0 Å².